The molecule has 3 aromatic rings. The molecule has 1 amide bonds. The minimum atomic E-state index is -3.83. The lowest BCUT2D eigenvalue weighted by Gasteiger charge is -2.16. The van der Waals surface area contributed by atoms with E-state index in [0.29, 0.717) is 22.2 Å². The van der Waals surface area contributed by atoms with Gasteiger partial charge >= 0.3 is 0 Å². The van der Waals surface area contributed by atoms with Gasteiger partial charge in [0.1, 0.15) is 22.0 Å². The average molecular weight is 513 g/mol. The quantitative estimate of drug-likeness (QED) is 0.471. The Bertz CT molecular complexity index is 1340. The highest BCUT2D eigenvalue weighted by molar-refractivity contribution is 7.89. The lowest BCUT2D eigenvalue weighted by molar-refractivity contribution is 0.0963. The van der Waals surface area contributed by atoms with E-state index in [2.05, 4.69) is 15.6 Å². The van der Waals surface area contributed by atoms with Gasteiger partial charge < -0.3 is 15.8 Å². The summed E-state index contributed by atoms with van der Waals surface area (Å²) in [5, 5.41) is 10.7. The van der Waals surface area contributed by atoms with Crippen molar-refractivity contribution in [1.29, 1.82) is 0 Å². The minimum absolute atomic E-state index is 0. The number of hydrogen-bond donors (Lipinski definition) is 2. The number of aromatic nitrogens is 3. The Morgan fingerprint density at radius 2 is 2.00 bits per heavy atom. The maximum Gasteiger partial charge on any atom is 0.251 e. The Labute approximate surface area is 203 Å². The Kier molecular flexibility index (Phi) is 8.72. The van der Waals surface area contributed by atoms with E-state index >= 15 is 0 Å². The number of methoxy groups -OCH3 is 1. The Hall–Kier alpha value is -3.06. The maximum absolute atomic E-state index is 14.1. The number of allylic oxidation sites excluding steroid dienone is 1. The summed E-state index contributed by atoms with van der Waals surface area (Å²) in [5.41, 5.74) is 7.35. The van der Waals surface area contributed by atoms with Gasteiger partial charge in [0, 0.05) is 38.8 Å². The van der Waals surface area contributed by atoms with Gasteiger partial charge in [-0.3, -0.25) is 4.79 Å². The van der Waals surface area contributed by atoms with Gasteiger partial charge in [-0.25, -0.2) is 21.8 Å². The molecule has 0 fully saturated rings. The molecule has 0 aliphatic rings. The largest absolute Gasteiger partial charge is 0.495 e. The van der Waals surface area contributed by atoms with Gasteiger partial charge in [-0.15, -0.1) is 17.5 Å². The highest BCUT2D eigenvalue weighted by atomic mass is 35.5. The number of halogens is 2. The van der Waals surface area contributed by atoms with Crippen LogP contribution in [0, 0.1) is 0 Å². The molecule has 0 unspecified atom stereocenters. The first kappa shape index (κ1) is 27.2. The van der Waals surface area contributed by atoms with Crippen molar-refractivity contribution in [2.45, 2.75) is 11.4 Å². The van der Waals surface area contributed by atoms with Crippen LogP contribution in [0.2, 0.25) is 0 Å². The van der Waals surface area contributed by atoms with Crippen LogP contribution >= 0.6 is 12.4 Å². The van der Waals surface area contributed by atoms with E-state index in [9.17, 15) is 17.6 Å². The Morgan fingerprint density at radius 3 is 2.59 bits per heavy atom. The second-order valence-electron chi connectivity index (χ2n) is 7.26. The van der Waals surface area contributed by atoms with Gasteiger partial charge in [-0.1, -0.05) is 11.3 Å². The first-order valence-corrected chi connectivity index (χ1v) is 11.3. The molecule has 0 radical (unpaired) electrons. The highest BCUT2D eigenvalue weighted by Crippen LogP contribution is 2.35. The number of nitrogens with one attached hydrogen (secondary N) is 1. The van der Waals surface area contributed by atoms with Gasteiger partial charge in [0.15, 0.2) is 0 Å². The molecule has 2 aromatic carbocycles. The van der Waals surface area contributed by atoms with Crippen molar-refractivity contribution >= 4 is 39.4 Å². The SMILES string of the molecule is CNC(=O)c1cc(-c2ccc(OC)c(S(=O)(=O)N(C)C)c2)c2nnn(C/C(F)=C/CN)c2c1.Cl. The molecule has 184 valence electrons. The van der Waals surface area contributed by atoms with E-state index in [1.165, 1.54) is 51.1 Å². The van der Waals surface area contributed by atoms with Crippen molar-refractivity contribution in [3.8, 4) is 16.9 Å². The Balaban J connectivity index is 0.00000408. The summed E-state index contributed by atoms with van der Waals surface area (Å²) < 4.78 is 47.5. The van der Waals surface area contributed by atoms with Crippen LogP contribution in [0.4, 0.5) is 4.39 Å². The summed E-state index contributed by atoms with van der Waals surface area (Å²) in [6, 6.07) is 7.76. The van der Waals surface area contributed by atoms with Gasteiger partial charge in [-0.05, 0) is 35.9 Å². The molecule has 0 atom stereocenters. The van der Waals surface area contributed by atoms with Crippen LogP contribution in [-0.2, 0) is 16.6 Å². The van der Waals surface area contributed by atoms with Crippen LogP contribution in [0.1, 0.15) is 10.4 Å². The summed E-state index contributed by atoms with van der Waals surface area (Å²) in [7, 11) is 1.87. The molecule has 0 aliphatic heterocycles. The summed E-state index contributed by atoms with van der Waals surface area (Å²) in [4.78, 5) is 12.4. The van der Waals surface area contributed by atoms with E-state index < -0.39 is 15.9 Å². The first-order chi connectivity index (χ1) is 15.6. The normalized spacial score (nSPS) is 12.0. The third kappa shape index (κ3) is 5.20. The fourth-order valence-electron chi connectivity index (χ4n) is 3.26. The second-order valence-corrected chi connectivity index (χ2v) is 9.38. The molecule has 13 heteroatoms. The molecule has 0 bridgehead atoms. The number of amides is 1. The Morgan fingerprint density at radius 1 is 1.29 bits per heavy atom. The second kappa shape index (κ2) is 10.9. The molecule has 3 N–H and O–H groups in total. The van der Waals surface area contributed by atoms with Crippen molar-refractivity contribution in [1.82, 2.24) is 24.6 Å². The number of fused-ring (bicyclic) bond motifs is 1. The maximum atomic E-state index is 14.1. The first-order valence-electron chi connectivity index (χ1n) is 9.88. The molecule has 0 spiro atoms. The molecule has 34 heavy (non-hydrogen) atoms. The van der Waals surface area contributed by atoms with Crippen molar-refractivity contribution < 1.29 is 22.3 Å². The number of nitrogens with zero attached hydrogens (tertiary/aromatic N) is 4. The van der Waals surface area contributed by atoms with E-state index in [1.807, 2.05) is 0 Å². The number of benzene rings is 2. The monoisotopic (exact) mass is 512 g/mol. The molecule has 0 aliphatic carbocycles. The van der Waals surface area contributed by atoms with Gasteiger partial charge in [0.25, 0.3) is 5.91 Å². The fourth-order valence-corrected chi connectivity index (χ4v) is 4.33. The van der Waals surface area contributed by atoms with Crippen LogP contribution in [-0.4, -0.2) is 68.4 Å². The number of nitrogens with two attached hydrogens (primary N) is 1. The zero-order chi connectivity index (χ0) is 24.3. The third-order valence-electron chi connectivity index (χ3n) is 4.98. The zero-order valence-corrected chi connectivity index (χ0v) is 20.7. The van der Waals surface area contributed by atoms with Gasteiger partial charge in [-0.2, -0.15) is 0 Å². The lowest BCUT2D eigenvalue weighted by atomic mass is 10.0. The predicted octanol–water partition coefficient (Wildman–Crippen LogP) is 1.95. The van der Waals surface area contributed by atoms with Crippen LogP contribution in [0.25, 0.3) is 22.2 Å². The predicted molar refractivity (Wildman–Crippen MR) is 129 cm³/mol. The standard InChI is InChI=1S/C21H25FN6O4S.ClH/c1-24-21(29)14-9-16(20-17(10-14)28(26-25-20)12-15(22)7-8-23)13-5-6-18(32-4)19(11-13)33(30,31)27(2)3;/h5-7,9-11H,8,12,23H2,1-4H3,(H,24,29);1H/b15-7-;. The molecule has 1 aromatic heterocycles. The number of carbonyl (C=O) groups excluding carboxylic acids is 1. The molecular weight excluding hydrogens is 487 g/mol. The van der Waals surface area contributed by atoms with Gasteiger partial charge in [0.2, 0.25) is 10.0 Å². The van der Waals surface area contributed by atoms with Crippen molar-refractivity contribution in [3.63, 3.8) is 0 Å². The average Bonchev–Trinajstić information content (AvgIpc) is 3.19. The molecule has 0 saturated carbocycles. The topological polar surface area (TPSA) is 132 Å². The molecule has 0 saturated heterocycles. The molecule has 3 rings (SSSR count). The van der Waals surface area contributed by atoms with E-state index in [0.717, 1.165) is 4.31 Å². The number of sulfonamides is 1. The van der Waals surface area contributed by atoms with Crippen molar-refractivity contribution in [3.05, 3.63) is 47.8 Å². The summed E-state index contributed by atoms with van der Waals surface area (Å²) in [6.45, 7) is -0.185. The van der Waals surface area contributed by atoms with Gasteiger partial charge in [0.05, 0.1) is 19.2 Å². The van der Waals surface area contributed by atoms with Crippen LogP contribution < -0.4 is 15.8 Å². The third-order valence-corrected chi connectivity index (χ3v) is 6.82. The molecular formula is C21H26ClFN6O4S. The number of carbonyl (C=O) groups is 1. The van der Waals surface area contributed by atoms with E-state index in [4.69, 9.17) is 10.5 Å². The molecule has 1 heterocycles. The van der Waals surface area contributed by atoms with E-state index in [-0.39, 0.29) is 47.6 Å². The van der Waals surface area contributed by atoms with E-state index in [1.54, 1.807) is 18.2 Å². The highest BCUT2D eigenvalue weighted by Gasteiger charge is 2.24. The molecule has 10 nitrogen and oxygen atoms in total. The summed E-state index contributed by atoms with van der Waals surface area (Å²) in [6.07, 6.45) is 1.22. The lowest BCUT2D eigenvalue weighted by Crippen LogP contribution is -2.22. The number of ether oxygens (including phenoxy) is 1. The van der Waals surface area contributed by atoms with Crippen LogP contribution in [0.5, 0.6) is 5.75 Å². The van der Waals surface area contributed by atoms with Crippen LogP contribution in [0.3, 0.4) is 0 Å². The summed E-state index contributed by atoms with van der Waals surface area (Å²) >= 11 is 0. The zero-order valence-electron chi connectivity index (χ0n) is 19.1. The smallest absolute Gasteiger partial charge is 0.251 e. The van der Waals surface area contributed by atoms with Crippen molar-refractivity contribution in [2.75, 3.05) is 34.8 Å². The number of rotatable bonds is 8. The minimum Gasteiger partial charge on any atom is -0.495 e. The fraction of sp³-hybridized carbons (Fsp3) is 0.286. The van der Waals surface area contributed by atoms with Crippen molar-refractivity contribution in [2.24, 2.45) is 5.73 Å². The summed E-state index contributed by atoms with van der Waals surface area (Å²) in [5.74, 6) is -0.706. The number of hydrogen-bond acceptors (Lipinski definition) is 7. The van der Waals surface area contributed by atoms with Crippen LogP contribution in [0.15, 0.2) is 47.1 Å².